The van der Waals surface area contributed by atoms with Gasteiger partial charge in [0.2, 0.25) is 0 Å². The molecule has 0 unspecified atom stereocenters. The Morgan fingerprint density at radius 3 is 1.82 bits per heavy atom. The number of rotatable bonds is 16. The smallest absolute Gasteiger partial charge is 0.411 e. The van der Waals surface area contributed by atoms with Crippen LogP contribution in [0, 0.1) is 0 Å². The highest BCUT2D eigenvalue weighted by atomic mass is 16.7. The van der Waals surface area contributed by atoms with E-state index in [4.69, 9.17) is 9.57 Å². The molecule has 1 aliphatic heterocycles. The first-order valence-electron chi connectivity index (χ1n) is 13.6. The van der Waals surface area contributed by atoms with Gasteiger partial charge in [-0.3, -0.25) is 14.5 Å². The number of likely N-dealkylation sites (tertiary alicyclic amines) is 1. The average Bonchev–Trinajstić information content (AvgIpc) is 3.10. The first-order valence-corrected chi connectivity index (χ1v) is 13.6. The molecule has 1 saturated heterocycles. The standard InChI is InChI=1S/C27H52N2O5/c1-7-8-9-10-11-12-13-14-15-16-17-18-19-20-22-21-23(30)24(25(31)28(5)33-6)29(22)26(32)34-27(2,3)4/h22-24,30H,7-21H2,1-6H3/t22-,23-,24+/m1/s1. The van der Waals surface area contributed by atoms with Crippen molar-refractivity contribution in [1.82, 2.24) is 9.96 Å². The van der Waals surface area contributed by atoms with Crippen molar-refractivity contribution in [2.24, 2.45) is 0 Å². The Morgan fingerprint density at radius 2 is 1.38 bits per heavy atom. The van der Waals surface area contributed by atoms with Crippen molar-refractivity contribution >= 4 is 12.0 Å². The number of unbranched alkanes of at least 4 members (excludes halogenated alkanes) is 12. The summed E-state index contributed by atoms with van der Waals surface area (Å²) in [5, 5.41) is 11.7. The lowest BCUT2D eigenvalue weighted by atomic mass is 10.0. The van der Waals surface area contributed by atoms with Crippen molar-refractivity contribution < 1.29 is 24.3 Å². The lowest BCUT2D eigenvalue weighted by Crippen LogP contribution is -2.53. The minimum atomic E-state index is -0.980. The number of nitrogens with zero attached hydrogens (tertiary/aromatic N) is 2. The second kappa shape index (κ2) is 16.4. The summed E-state index contributed by atoms with van der Waals surface area (Å²) in [4.78, 5) is 32.2. The second-order valence-corrected chi connectivity index (χ2v) is 10.8. The fourth-order valence-electron chi connectivity index (χ4n) is 4.73. The molecule has 0 bridgehead atoms. The molecule has 0 aromatic heterocycles. The Balaban J connectivity index is 2.42. The van der Waals surface area contributed by atoms with Crippen LogP contribution < -0.4 is 0 Å². The van der Waals surface area contributed by atoms with Gasteiger partial charge in [-0.15, -0.1) is 0 Å². The van der Waals surface area contributed by atoms with Gasteiger partial charge in [0.1, 0.15) is 11.6 Å². The van der Waals surface area contributed by atoms with Crippen LogP contribution in [-0.2, 0) is 14.4 Å². The van der Waals surface area contributed by atoms with E-state index in [1.54, 1.807) is 20.8 Å². The molecule has 0 aromatic carbocycles. The third kappa shape index (κ3) is 11.4. The molecule has 1 fully saturated rings. The lowest BCUT2D eigenvalue weighted by Gasteiger charge is -2.33. The molecule has 3 atom stereocenters. The summed E-state index contributed by atoms with van der Waals surface area (Å²) < 4.78 is 5.58. The van der Waals surface area contributed by atoms with Crippen LogP contribution >= 0.6 is 0 Å². The highest BCUT2D eigenvalue weighted by Crippen LogP contribution is 2.31. The number of aliphatic hydroxyl groups is 1. The normalized spacial score (nSPS) is 20.6. The lowest BCUT2D eigenvalue weighted by molar-refractivity contribution is -0.176. The maximum atomic E-state index is 13.0. The molecule has 7 nitrogen and oxygen atoms in total. The van der Waals surface area contributed by atoms with Crippen LogP contribution in [0.15, 0.2) is 0 Å². The first-order chi connectivity index (χ1) is 16.1. The predicted octanol–water partition coefficient (Wildman–Crippen LogP) is 6.23. The van der Waals surface area contributed by atoms with Crippen LogP contribution in [0.25, 0.3) is 0 Å². The number of carbonyl (C=O) groups is 2. The van der Waals surface area contributed by atoms with Crippen molar-refractivity contribution in [3.05, 3.63) is 0 Å². The topological polar surface area (TPSA) is 79.3 Å². The molecular weight excluding hydrogens is 432 g/mol. The van der Waals surface area contributed by atoms with E-state index in [0.29, 0.717) is 6.42 Å². The number of aliphatic hydroxyl groups excluding tert-OH is 1. The van der Waals surface area contributed by atoms with Crippen LogP contribution in [0.1, 0.15) is 124 Å². The van der Waals surface area contributed by atoms with Crippen molar-refractivity contribution in [1.29, 1.82) is 0 Å². The Kier molecular flexibility index (Phi) is 14.8. The third-order valence-corrected chi connectivity index (χ3v) is 6.65. The summed E-state index contributed by atoms with van der Waals surface area (Å²) >= 11 is 0. The largest absolute Gasteiger partial charge is 0.444 e. The number of carbonyl (C=O) groups excluding carboxylic acids is 2. The summed E-state index contributed by atoms with van der Waals surface area (Å²) in [7, 11) is 2.88. The molecule has 1 rings (SSSR count). The molecule has 200 valence electrons. The number of amides is 2. The minimum Gasteiger partial charge on any atom is -0.444 e. The van der Waals surface area contributed by atoms with Crippen LogP contribution in [0.3, 0.4) is 0 Å². The molecule has 1 aliphatic rings. The molecule has 1 N–H and O–H groups in total. The van der Waals surface area contributed by atoms with E-state index >= 15 is 0 Å². The maximum absolute atomic E-state index is 13.0. The zero-order chi connectivity index (χ0) is 25.6. The zero-order valence-corrected chi connectivity index (χ0v) is 22.8. The number of likely N-dealkylation sites (N-methyl/N-ethyl adjacent to an activating group) is 1. The van der Waals surface area contributed by atoms with Gasteiger partial charge in [-0.1, -0.05) is 90.4 Å². The first kappa shape index (κ1) is 30.7. The number of hydrogen-bond donors (Lipinski definition) is 1. The van der Waals surface area contributed by atoms with Crippen LogP contribution in [0.4, 0.5) is 4.79 Å². The van der Waals surface area contributed by atoms with E-state index in [1.165, 1.54) is 89.7 Å². The molecule has 34 heavy (non-hydrogen) atoms. The van der Waals surface area contributed by atoms with Gasteiger partial charge in [-0.2, -0.15) is 0 Å². The highest BCUT2D eigenvalue weighted by Gasteiger charge is 2.49. The molecule has 7 heteroatoms. The molecule has 0 saturated carbocycles. The van der Waals surface area contributed by atoms with E-state index in [0.717, 1.165) is 24.3 Å². The van der Waals surface area contributed by atoms with Crippen molar-refractivity contribution in [2.75, 3.05) is 14.2 Å². The summed E-state index contributed by atoms with van der Waals surface area (Å²) in [6, 6.07) is -1.19. The Bertz CT molecular complexity index is 578. The number of ether oxygens (including phenoxy) is 1. The number of hydroxylamine groups is 2. The van der Waals surface area contributed by atoms with E-state index in [-0.39, 0.29) is 6.04 Å². The van der Waals surface area contributed by atoms with Crippen LogP contribution in [0.5, 0.6) is 0 Å². The molecule has 0 aliphatic carbocycles. The van der Waals surface area contributed by atoms with E-state index in [9.17, 15) is 14.7 Å². The summed E-state index contributed by atoms with van der Waals surface area (Å²) in [6.45, 7) is 7.67. The van der Waals surface area contributed by atoms with Gasteiger partial charge in [0.25, 0.3) is 5.91 Å². The fourth-order valence-corrected chi connectivity index (χ4v) is 4.73. The zero-order valence-electron chi connectivity index (χ0n) is 22.8. The molecule has 1 heterocycles. The van der Waals surface area contributed by atoms with Crippen molar-refractivity contribution in [2.45, 2.75) is 148 Å². The van der Waals surface area contributed by atoms with Crippen LogP contribution in [-0.4, -0.2) is 65.0 Å². The van der Waals surface area contributed by atoms with Gasteiger partial charge in [0.05, 0.1) is 13.2 Å². The van der Waals surface area contributed by atoms with E-state index in [2.05, 4.69) is 6.92 Å². The predicted molar refractivity (Wildman–Crippen MR) is 136 cm³/mol. The highest BCUT2D eigenvalue weighted by molar-refractivity contribution is 5.86. The van der Waals surface area contributed by atoms with Crippen LogP contribution in [0.2, 0.25) is 0 Å². The molecular formula is C27H52N2O5. The second-order valence-electron chi connectivity index (χ2n) is 10.8. The maximum Gasteiger partial charge on any atom is 0.411 e. The quantitative estimate of drug-likeness (QED) is 0.208. The molecule has 0 radical (unpaired) electrons. The number of hydrogen-bond acceptors (Lipinski definition) is 5. The van der Waals surface area contributed by atoms with Gasteiger partial charge in [0.15, 0.2) is 0 Å². The molecule has 0 spiro atoms. The van der Waals surface area contributed by atoms with Gasteiger partial charge in [0, 0.05) is 13.1 Å². The SMILES string of the molecule is CCCCCCCCCCCCCCC[C@@H]1C[C@@H](O)[C@@H](C(=O)N(C)OC)N1C(=O)OC(C)(C)C. The Labute approximate surface area is 208 Å². The van der Waals surface area contributed by atoms with E-state index < -0.39 is 29.7 Å². The monoisotopic (exact) mass is 484 g/mol. The minimum absolute atomic E-state index is 0.211. The fraction of sp³-hybridized carbons (Fsp3) is 0.926. The molecule has 0 aromatic rings. The average molecular weight is 485 g/mol. The van der Waals surface area contributed by atoms with Crippen molar-refractivity contribution in [3.63, 3.8) is 0 Å². The third-order valence-electron chi connectivity index (χ3n) is 6.65. The van der Waals surface area contributed by atoms with E-state index in [1.807, 2.05) is 0 Å². The molecule has 2 amide bonds. The van der Waals surface area contributed by atoms with Gasteiger partial charge in [-0.05, 0) is 33.6 Å². The van der Waals surface area contributed by atoms with Gasteiger partial charge in [-0.25, -0.2) is 9.86 Å². The van der Waals surface area contributed by atoms with Crippen molar-refractivity contribution in [3.8, 4) is 0 Å². The Morgan fingerprint density at radius 1 is 0.912 bits per heavy atom. The van der Waals surface area contributed by atoms with Gasteiger partial charge >= 0.3 is 6.09 Å². The summed E-state index contributed by atoms with van der Waals surface area (Å²) in [5.41, 5.74) is -0.675. The summed E-state index contributed by atoms with van der Waals surface area (Å²) in [6.07, 6.45) is 16.3. The summed E-state index contributed by atoms with van der Waals surface area (Å²) in [5.74, 6) is -0.436. The Hall–Kier alpha value is -1.34. The van der Waals surface area contributed by atoms with Gasteiger partial charge < -0.3 is 9.84 Å².